The molecule has 4 nitrogen and oxygen atoms in total. The Balaban J connectivity index is 2.24. The molecule has 0 bridgehead atoms. The number of carbonyl (C=O) groups is 1. The van der Waals surface area contributed by atoms with Crippen LogP contribution < -0.4 is 10.6 Å². The van der Waals surface area contributed by atoms with Crippen LogP contribution in [0.15, 0.2) is 4.99 Å². The second-order valence-electron chi connectivity index (χ2n) is 4.96. The first kappa shape index (κ1) is 14.4. The lowest BCUT2D eigenvalue weighted by Crippen LogP contribution is -2.32. The summed E-state index contributed by atoms with van der Waals surface area (Å²) >= 11 is 1.75. The Hall–Kier alpha value is -0.710. The highest BCUT2D eigenvalue weighted by Crippen LogP contribution is 2.18. The van der Waals surface area contributed by atoms with Crippen LogP contribution in [0.25, 0.3) is 0 Å². The monoisotopic (exact) mass is 257 g/mol. The number of amidine groups is 1. The van der Waals surface area contributed by atoms with Crippen LogP contribution in [0.1, 0.15) is 34.1 Å². The van der Waals surface area contributed by atoms with Crippen LogP contribution in [0.2, 0.25) is 0 Å². The minimum atomic E-state index is 0.0766. The van der Waals surface area contributed by atoms with Crippen molar-refractivity contribution >= 4 is 22.8 Å². The van der Waals surface area contributed by atoms with Crippen LogP contribution in [0.4, 0.5) is 0 Å². The quantitative estimate of drug-likeness (QED) is 0.787. The Morgan fingerprint density at radius 1 is 1.53 bits per heavy atom. The molecule has 0 aromatic rings. The van der Waals surface area contributed by atoms with E-state index in [1.807, 2.05) is 13.8 Å². The standard InChI is InChI=1S/C12H23N3OS/c1-8(2)10-7-17-12(15-10)13-6-5-11(16)14-9(3)4/h8-10H,5-7H2,1-4H3,(H,13,15)(H,14,16). The van der Waals surface area contributed by atoms with Crippen LogP contribution in [0.5, 0.6) is 0 Å². The highest BCUT2D eigenvalue weighted by Gasteiger charge is 2.22. The summed E-state index contributed by atoms with van der Waals surface area (Å²) in [5.41, 5.74) is 0. The number of nitrogens with zero attached hydrogens (tertiary/aromatic N) is 1. The smallest absolute Gasteiger partial charge is 0.222 e. The second-order valence-corrected chi connectivity index (χ2v) is 5.97. The van der Waals surface area contributed by atoms with Crippen molar-refractivity contribution in [1.82, 2.24) is 10.6 Å². The molecule has 98 valence electrons. The molecule has 1 atom stereocenters. The molecule has 0 aromatic heterocycles. The van der Waals surface area contributed by atoms with Gasteiger partial charge >= 0.3 is 0 Å². The van der Waals surface area contributed by atoms with E-state index in [1.54, 1.807) is 11.8 Å². The van der Waals surface area contributed by atoms with E-state index in [2.05, 4.69) is 29.5 Å². The highest BCUT2D eigenvalue weighted by molar-refractivity contribution is 8.14. The van der Waals surface area contributed by atoms with Gasteiger partial charge in [0.05, 0.1) is 6.54 Å². The predicted molar refractivity (Wildman–Crippen MR) is 74.4 cm³/mol. The Bertz CT molecular complexity index is 289. The van der Waals surface area contributed by atoms with Crippen molar-refractivity contribution in [2.75, 3.05) is 12.3 Å². The molecule has 1 saturated heterocycles. The van der Waals surface area contributed by atoms with Crippen molar-refractivity contribution in [1.29, 1.82) is 0 Å². The number of amides is 1. The fourth-order valence-electron chi connectivity index (χ4n) is 1.51. The third-order valence-electron chi connectivity index (χ3n) is 2.56. The zero-order valence-corrected chi connectivity index (χ0v) is 11.9. The summed E-state index contributed by atoms with van der Waals surface area (Å²) in [6, 6.07) is 0.725. The lowest BCUT2D eigenvalue weighted by atomic mass is 10.1. The van der Waals surface area contributed by atoms with E-state index in [-0.39, 0.29) is 11.9 Å². The molecule has 0 saturated carbocycles. The number of rotatable bonds is 5. The largest absolute Gasteiger partial charge is 0.361 e. The van der Waals surface area contributed by atoms with Crippen LogP contribution in [-0.4, -0.2) is 35.5 Å². The average Bonchev–Trinajstić information content (AvgIpc) is 2.65. The molecule has 1 unspecified atom stereocenters. The summed E-state index contributed by atoms with van der Waals surface area (Å²) in [5, 5.41) is 7.23. The van der Waals surface area contributed by atoms with Crippen molar-refractivity contribution in [2.45, 2.75) is 46.2 Å². The van der Waals surface area contributed by atoms with Crippen molar-refractivity contribution in [3.8, 4) is 0 Å². The maximum absolute atomic E-state index is 11.4. The van der Waals surface area contributed by atoms with E-state index in [9.17, 15) is 4.79 Å². The topological polar surface area (TPSA) is 53.5 Å². The number of nitrogens with one attached hydrogen (secondary N) is 2. The molecule has 1 aliphatic heterocycles. The molecule has 1 amide bonds. The van der Waals surface area contributed by atoms with Crippen molar-refractivity contribution in [3.63, 3.8) is 0 Å². The minimum absolute atomic E-state index is 0.0766. The highest BCUT2D eigenvalue weighted by atomic mass is 32.2. The summed E-state index contributed by atoms with van der Waals surface area (Å²) in [6.45, 7) is 8.91. The van der Waals surface area contributed by atoms with Gasteiger partial charge in [-0.05, 0) is 19.8 Å². The predicted octanol–water partition coefficient (Wildman–Crippen LogP) is 1.62. The van der Waals surface area contributed by atoms with E-state index in [4.69, 9.17) is 0 Å². The molecule has 1 heterocycles. The first-order chi connectivity index (χ1) is 7.99. The van der Waals surface area contributed by atoms with E-state index in [0.717, 1.165) is 10.9 Å². The van der Waals surface area contributed by atoms with Gasteiger partial charge in [0.2, 0.25) is 5.91 Å². The first-order valence-corrected chi connectivity index (χ1v) is 7.20. The molecule has 1 fully saturated rings. The van der Waals surface area contributed by atoms with Crippen molar-refractivity contribution < 1.29 is 4.79 Å². The molecular formula is C12H23N3OS. The van der Waals surface area contributed by atoms with Crippen LogP contribution in [-0.2, 0) is 4.79 Å². The SMILES string of the molecule is CC(C)NC(=O)CCN=C1NC(C(C)C)CS1. The number of aliphatic imine (C=N–C) groups is 1. The maximum atomic E-state index is 11.4. The molecule has 0 radical (unpaired) electrons. The zero-order valence-electron chi connectivity index (χ0n) is 11.1. The zero-order chi connectivity index (χ0) is 12.8. The van der Waals surface area contributed by atoms with Gasteiger partial charge in [0.25, 0.3) is 0 Å². The number of hydrogen-bond acceptors (Lipinski definition) is 3. The summed E-state index contributed by atoms with van der Waals surface area (Å²) in [6.07, 6.45) is 0.469. The lowest BCUT2D eigenvalue weighted by molar-refractivity contribution is -0.121. The molecule has 1 aliphatic rings. The van der Waals surface area contributed by atoms with Gasteiger partial charge in [0, 0.05) is 24.3 Å². The van der Waals surface area contributed by atoms with Gasteiger partial charge < -0.3 is 10.6 Å². The third kappa shape index (κ3) is 5.44. The van der Waals surface area contributed by atoms with E-state index in [1.165, 1.54) is 0 Å². The van der Waals surface area contributed by atoms with Gasteiger partial charge in [0.15, 0.2) is 5.17 Å². The molecule has 0 aliphatic carbocycles. The van der Waals surface area contributed by atoms with E-state index in [0.29, 0.717) is 24.9 Å². The van der Waals surface area contributed by atoms with E-state index >= 15 is 0 Å². The molecular weight excluding hydrogens is 234 g/mol. The fraction of sp³-hybridized carbons (Fsp3) is 0.833. The van der Waals surface area contributed by atoms with Crippen molar-refractivity contribution in [2.24, 2.45) is 10.9 Å². The molecule has 5 heteroatoms. The van der Waals surface area contributed by atoms with Crippen LogP contribution in [0.3, 0.4) is 0 Å². The molecule has 0 aromatic carbocycles. The normalized spacial score (nSPS) is 22.2. The molecule has 2 N–H and O–H groups in total. The molecule has 17 heavy (non-hydrogen) atoms. The summed E-state index contributed by atoms with van der Waals surface area (Å²) in [5.74, 6) is 1.78. The van der Waals surface area contributed by atoms with Gasteiger partial charge in [0.1, 0.15) is 0 Å². The average molecular weight is 257 g/mol. The van der Waals surface area contributed by atoms with Crippen LogP contribution >= 0.6 is 11.8 Å². The van der Waals surface area contributed by atoms with Gasteiger partial charge in [-0.2, -0.15) is 0 Å². The second kappa shape index (κ2) is 6.89. The first-order valence-electron chi connectivity index (χ1n) is 6.22. The minimum Gasteiger partial charge on any atom is -0.361 e. The number of carbonyl (C=O) groups excluding carboxylic acids is 1. The number of thioether (sulfide) groups is 1. The summed E-state index contributed by atoms with van der Waals surface area (Å²) in [7, 11) is 0. The van der Waals surface area contributed by atoms with Gasteiger partial charge in [-0.1, -0.05) is 25.6 Å². The Labute approximate surface area is 108 Å². The van der Waals surface area contributed by atoms with Gasteiger partial charge in [-0.3, -0.25) is 9.79 Å². The van der Waals surface area contributed by atoms with Crippen LogP contribution in [0, 0.1) is 5.92 Å². The summed E-state index contributed by atoms with van der Waals surface area (Å²) < 4.78 is 0. The van der Waals surface area contributed by atoms with Gasteiger partial charge in [-0.15, -0.1) is 0 Å². The Morgan fingerprint density at radius 3 is 2.76 bits per heavy atom. The molecule has 1 rings (SSSR count). The van der Waals surface area contributed by atoms with Crippen molar-refractivity contribution in [3.05, 3.63) is 0 Å². The number of hydrogen-bond donors (Lipinski definition) is 2. The maximum Gasteiger partial charge on any atom is 0.222 e. The lowest BCUT2D eigenvalue weighted by Gasteiger charge is -2.13. The molecule has 0 spiro atoms. The Morgan fingerprint density at radius 2 is 2.24 bits per heavy atom. The fourth-order valence-corrected chi connectivity index (χ4v) is 2.74. The Kier molecular flexibility index (Phi) is 5.82. The summed E-state index contributed by atoms with van der Waals surface area (Å²) in [4.78, 5) is 15.8. The van der Waals surface area contributed by atoms with Gasteiger partial charge in [-0.25, -0.2) is 0 Å². The van der Waals surface area contributed by atoms with E-state index < -0.39 is 0 Å². The third-order valence-corrected chi connectivity index (χ3v) is 3.60.